The molecule has 0 bridgehead atoms. The Hall–Kier alpha value is -1.26. The number of nitrogens with zero attached hydrogens (tertiary/aromatic N) is 2. The molecule has 0 spiro atoms. The molecule has 2 N–H and O–H groups in total. The number of carbonyl (C=O) groups excluding carboxylic acids is 1. The van der Waals surface area contributed by atoms with E-state index in [1.54, 1.807) is 23.1 Å². The summed E-state index contributed by atoms with van der Waals surface area (Å²) < 4.78 is 0. The minimum atomic E-state index is -0.0243. The van der Waals surface area contributed by atoms with Gasteiger partial charge in [0, 0.05) is 36.4 Å². The molecule has 0 saturated carbocycles. The third-order valence-corrected chi connectivity index (χ3v) is 3.75. The summed E-state index contributed by atoms with van der Waals surface area (Å²) in [7, 11) is 3.94. The van der Waals surface area contributed by atoms with E-state index in [1.165, 1.54) is 0 Å². The number of nitrogen functional groups attached to an aromatic ring is 1. The fourth-order valence-corrected chi connectivity index (χ4v) is 2.85. The van der Waals surface area contributed by atoms with E-state index in [4.69, 9.17) is 17.3 Å². The second-order valence-electron chi connectivity index (χ2n) is 5.38. The van der Waals surface area contributed by atoms with Gasteiger partial charge in [-0.25, -0.2) is 0 Å². The molecule has 2 rings (SSSR count). The minimum Gasteiger partial charge on any atom is -0.399 e. The predicted molar refractivity (Wildman–Crippen MR) is 78.4 cm³/mol. The van der Waals surface area contributed by atoms with Crippen LogP contribution in [0.15, 0.2) is 18.2 Å². The van der Waals surface area contributed by atoms with Crippen molar-refractivity contribution < 1.29 is 4.79 Å². The van der Waals surface area contributed by atoms with Crippen LogP contribution in [0.2, 0.25) is 5.02 Å². The van der Waals surface area contributed by atoms with E-state index in [0.29, 0.717) is 22.2 Å². The molecule has 1 aromatic rings. The first-order valence-electron chi connectivity index (χ1n) is 6.46. The van der Waals surface area contributed by atoms with Gasteiger partial charge >= 0.3 is 0 Å². The largest absolute Gasteiger partial charge is 0.399 e. The highest BCUT2D eigenvalue weighted by Crippen LogP contribution is 2.20. The molecule has 1 heterocycles. The summed E-state index contributed by atoms with van der Waals surface area (Å²) >= 11 is 5.93. The Labute approximate surface area is 119 Å². The van der Waals surface area contributed by atoms with Gasteiger partial charge in [0.25, 0.3) is 5.91 Å². The molecule has 19 heavy (non-hydrogen) atoms. The molecular formula is C14H20ClN3O. The van der Waals surface area contributed by atoms with Crippen LogP contribution in [-0.4, -0.2) is 49.4 Å². The minimum absolute atomic E-state index is 0.0243. The highest BCUT2D eigenvalue weighted by molar-refractivity contribution is 6.31. The van der Waals surface area contributed by atoms with Gasteiger partial charge in [-0.05, 0) is 44.1 Å². The topological polar surface area (TPSA) is 49.6 Å². The first-order chi connectivity index (χ1) is 8.95. The van der Waals surface area contributed by atoms with E-state index in [1.807, 2.05) is 7.05 Å². The number of amides is 1. The summed E-state index contributed by atoms with van der Waals surface area (Å²) in [5.74, 6) is 0.527. The lowest BCUT2D eigenvalue weighted by molar-refractivity contribution is 0.0774. The third kappa shape index (κ3) is 3.61. The summed E-state index contributed by atoms with van der Waals surface area (Å²) in [5, 5.41) is 0.498. The van der Waals surface area contributed by atoms with E-state index in [9.17, 15) is 4.79 Å². The molecule has 1 aliphatic heterocycles. The number of halogens is 1. The second kappa shape index (κ2) is 5.80. The average Bonchev–Trinajstić information content (AvgIpc) is 2.72. The van der Waals surface area contributed by atoms with Crippen LogP contribution in [0, 0.1) is 5.92 Å². The normalized spacial score (nSPS) is 19.6. The van der Waals surface area contributed by atoms with E-state index < -0.39 is 0 Å². The molecule has 1 atom stereocenters. The van der Waals surface area contributed by atoms with Crippen LogP contribution >= 0.6 is 11.6 Å². The Morgan fingerprint density at radius 1 is 1.53 bits per heavy atom. The Kier molecular flexibility index (Phi) is 4.32. The third-order valence-electron chi connectivity index (χ3n) is 3.53. The Bertz CT molecular complexity index is 458. The number of nitrogens with two attached hydrogens (primary N) is 1. The van der Waals surface area contributed by atoms with Crippen molar-refractivity contribution in [3.63, 3.8) is 0 Å². The van der Waals surface area contributed by atoms with Gasteiger partial charge in [-0.2, -0.15) is 0 Å². The van der Waals surface area contributed by atoms with E-state index in [-0.39, 0.29) is 5.91 Å². The first kappa shape index (κ1) is 14.2. The van der Waals surface area contributed by atoms with Gasteiger partial charge in [-0.3, -0.25) is 4.79 Å². The van der Waals surface area contributed by atoms with Gasteiger partial charge in [0.2, 0.25) is 0 Å². The van der Waals surface area contributed by atoms with Gasteiger partial charge in [0.15, 0.2) is 0 Å². The van der Waals surface area contributed by atoms with Gasteiger partial charge in [-0.15, -0.1) is 0 Å². The number of carbonyl (C=O) groups is 1. The average molecular weight is 282 g/mol. The number of benzene rings is 1. The number of likely N-dealkylation sites (tertiary alicyclic amines) is 1. The maximum Gasteiger partial charge on any atom is 0.253 e. The summed E-state index contributed by atoms with van der Waals surface area (Å²) in [5.41, 5.74) is 6.79. The van der Waals surface area contributed by atoms with Gasteiger partial charge in [-0.1, -0.05) is 11.6 Å². The molecule has 1 saturated heterocycles. The zero-order chi connectivity index (χ0) is 14.0. The van der Waals surface area contributed by atoms with Crippen LogP contribution < -0.4 is 5.73 Å². The summed E-state index contributed by atoms with van der Waals surface area (Å²) in [6.45, 7) is 2.93. The molecule has 0 aliphatic carbocycles. The predicted octanol–water partition coefficient (Wildman–Crippen LogP) is 1.95. The van der Waals surface area contributed by atoms with Crippen LogP contribution in [0.5, 0.6) is 0 Å². The highest BCUT2D eigenvalue weighted by atomic mass is 35.5. The van der Waals surface area contributed by atoms with Crippen molar-refractivity contribution in [2.45, 2.75) is 6.42 Å². The van der Waals surface area contributed by atoms with E-state index in [2.05, 4.69) is 11.9 Å². The highest BCUT2D eigenvalue weighted by Gasteiger charge is 2.23. The summed E-state index contributed by atoms with van der Waals surface area (Å²) in [6.07, 6.45) is 1.14. The van der Waals surface area contributed by atoms with Crippen LogP contribution in [0.3, 0.4) is 0 Å². The van der Waals surface area contributed by atoms with E-state index >= 15 is 0 Å². The molecule has 1 aliphatic rings. The van der Waals surface area contributed by atoms with Crippen LogP contribution in [0.25, 0.3) is 0 Å². The monoisotopic (exact) mass is 281 g/mol. The van der Waals surface area contributed by atoms with Gasteiger partial charge in [0.05, 0.1) is 0 Å². The molecule has 0 aromatic heterocycles. The second-order valence-corrected chi connectivity index (χ2v) is 5.81. The first-order valence-corrected chi connectivity index (χ1v) is 6.83. The number of rotatable bonds is 3. The molecule has 1 fully saturated rings. The Balaban J connectivity index is 2.02. The molecule has 1 amide bonds. The van der Waals surface area contributed by atoms with Crippen LogP contribution in [0.4, 0.5) is 5.69 Å². The van der Waals surface area contributed by atoms with Crippen molar-refractivity contribution in [1.29, 1.82) is 0 Å². The fourth-order valence-electron chi connectivity index (χ4n) is 2.60. The smallest absolute Gasteiger partial charge is 0.253 e. The lowest BCUT2D eigenvalue weighted by Gasteiger charge is -2.21. The van der Waals surface area contributed by atoms with Gasteiger partial charge < -0.3 is 15.5 Å². The fraction of sp³-hybridized carbons (Fsp3) is 0.500. The number of hydrogen-bond acceptors (Lipinski definition) is 3. The lowest BCUT2D eigenvalue weighted by Crippen LogP contribution is -2.32. The number of anilines is 1. The zero-order valence-electron chi connectivity index (χ0n) is 11.4. The lowest BCUT2D eigenvalue weighted by atomic mass is 10.1. The zero-order valence-corrected chi connectivity index (χ0v) is 12.2. The van der Waals surface area contributed by atoms with Crippen molar-refractivity contribution >= 4 is 23.2 Å². The van der Waals surface area contributed by atoms with Crippen molar-refractivity contribution in [1.82, 2.24) is 9.80 Å². The molecule has 0 radical (unpaired) electrons. The molecular weight excluding hydrogens is 262 g/mol. The molecule has 4 nitrogen and oxygen atoms in total. The maximum atomic E-state index is 12.3. The van der Waals surface area contributed by atoms with Crippen molar-refractivity contribution in [2.75, 3.05) is 39.5 Å². The quantitative estimate of drug-likeness (QED) is 0.862. The Morgan fingerprint density at radius 2 is 2.26 bits per heavy atom. The number of hydrogen-bond donors (Lipinski definition) is 1. The van der Waals surface area contributed by atoms with Crippen LogP contribution in [-0.2, 0) is 0 Å². The maximum absolute atomic E-state index is 12.3. The van der Waals surface area contributed by atoms with Crippen molar-refractivity contribution in [3.05, 3.63) is 28.8 Å². The summed E-state index contributed by atoms with van der Waals surface area (Å²) in [4.78, 5) is 16.4. The Morgan fingerprint density at radius 3 is 2.84 bits per heavy atom. The van der Waals surface area contributed by atoms with Crippen LogP contribution in [0.1, 0.15) is 16.8 Å². The van der Waals surface area contributed by atoms with Crippen molar-refractivity contribution in [3.8, 4) is 0 Å². The molecule has 5 heteroatoms. The molecule has 104 valence electrons. The van der Waals surface area contributed by atoms with Crippen molar-refractivity contribution in [2.24, 2.45) is 5.92 Å². The molecule has 1 aromatic carbocycles. The standard InChI is InChI=1S/C14H20ClN3O/c1-17-4-3-10(8-17)9-18(2)14(19)11-5-12(15)7-13(16)6-11/h5-7,10H,3-4,8-9,16H2,1-2H3. The van der Waals surface area contributed by atoms with E-state index in [0.717, 1.165) is 26.1 Å². The molecule has 1 unspecified atom stereocenters. The summed E-state index contributed by atoms with van der Waals surface area (Å²) in [6, 6.07) is 4.98. The van der Waals surface area contributed by atoms with Gasteiger partial charge in [0.1, 0.15) is 0 Å². The SMILES string of the molecule is CN1CCC(CN(C)C(=O)c2cc(N)cc(Cl)c2)C1.